The second kappa shape index (κ2) is 9.03. The summed E-state index contributed by atoms with van der Waals surface area (Å²) in [6.07, 6.45) is 0.0555. The topological polar surface area (TPSA) is 76.1 Å². The summed E-state index contributed by atoms with van der Waals surface area (Å²) in [6, 6.07) is 7.12. The predicted molar refractivity (Wildman–Crippen MR) is 97.3 cm³/mol. The average molecular weight is 365 g/mol. The number of carbonyl (C=O) groups excluding carboxylic acids is 2. The van der Waals surface area contributed by atoms with Crippen LogP contribution in [0, 0.1) is 0 Å². The van der Waals surface area contributed by atoms with Crippen molar-refractivity contribution in [2.45, 2.75) is 20.0 Å². The van der Waals surface area contributed by atoms with Crippen molar-refractivity contribution in [3.05, 3.63) is 34.7 Å². The first-order valence-electron chi connectivity index (χ1n) is 8.09. The molecule has 2 rings (SSSR count). The third-order valence-electron chi connectivity index (χ3n) is 3.50. The third-order valence-corrected chi connectivity index (χ3v) is 4.55. The first kappa shape index (κ1) is 19.5. The van der Waals surface area contributed by atoms with E-state index in [1.54, 1.807) is 24.3 Å². The van der Waals surface area contributed by atoms with Gasteiger partial charge in [-0.2, -0.15) is 0 Å². The first-order chi connectivity index (χ1) is 12.0. The lowest BCUT2D eigenvalue weighted by atomic mass is 10.1. The summed E-state index contributed by atoms with van der Waals surface area (Å²) in [5.41, 5.74) is 1.03. The molecule has 0 spiro atoms. The average Bonchev–Trinajstić information content (AvgIpc) is 2.81. The number of hydrogen-bond donors (Lipinski definition) is 1. The second-order valence-electron chi connectivity index (χ2n) is 5.72. The number of aliphatic hydroxyl groups is 1. The van der Waals surface area contributed by atoms with Crippen LogP contribution in [0.4, 0.5) is 0 Å². The summed E-state index contributed by atoms with van der Waals surface area (Å²) in [6.45, 7) is 4.29. The zero-order chi connectivity index (χ0) is 18.4. The van der Waals surface area contributed by atoms with Crippen LogP contribution < -0.4 is 4.74 Å². The summed E-state index contributed by atoms with van der Waals surface area (Å²) < 4.78 is 10.6. The van der Waals surface area contributed by atoms with Gasteiger partial charge in [-0.25, -0.2) is 0 Å². The molecule has 2 amide bonds. The van der Waals surface area contributed by atoms with Crippen molar-refractivity contribution in [3.8, 4) is 5.75 Å². The minimum Gasteiger partial charge on any atom is -0.491 e. The number of aliphatic hydroxyl groups excluding tert-OH is 1. The fourth-order valence-corrected chi connectivity index (χ4v) is 3.33. The molecule has 0 aromatic heterocycles. The Kier molecular flexibility index (Phi) is 7.04. The van der Waals surface area contributed by atoms with Crippen molar-refractivity contribution in [3.63, 3.8) is 0 Å². The SMILES string of the molecule is COCCN1C(=O)C(SCCO)=C(c2ccc(OC(C)C)cc2)C1=O. The predicted octanol–water partition coefficient (Wildman–Crippen LogP) is 1.93. The number of rotatable bonds is 9. The van der Waals surface area contributed by atoms with E-state index in [1.807, 2.05) is 13.8 Å². The highest BCUT2D eigenvalue weighted by Gasteiger charge is 2.38. The van der Waals surface area contributed by atoms with Crippen molar-refractivity contribution >= 4 is 29.1 Å². The van der Waals surface area contributed by atoms with Gasteiger partial charge in [0.25, 0.3) is 11.8 Å². The highest BCUT2D eigenvalue weighted by atomic mass is 32.2. The summed E-state index contributed by atoms with van der Waals surface area (Å²) in [4.78, 5) is 26.9. The van der Waals surface area contributed by atoms with Crippen LogP contribution in [0.25, 0.3) is 5.57 Å². The molecule has 1 N–H and O–H groups in total. The normalized spacial score (nSPS) is 14.8. The zero-order valence-electron chi connectivity index (χ0n) is 14.7. The van der Waals surface area contributed by atoms with E-state index in [4.69, 9.17) is 14.6 Å². The molecule has 0 atom stereocenters. The molecule has 1 heterocycles. The van der Waals surface area contributed by atoms with Crippen LogP contribution >= 0.6 is 11.8 Å². The van der Waals surface area contributed by atoms with Gasteiger partial charge < -0.3 is 14.6 Å². The summed E-state index contributed by atoms with van der Waals surface area (Å²) >= 11 is 1.20. The number of imide groups is 1. The Bertz CT molecular complexity index is 654. The molecule has 0 unspecified atom stereocenters. The van der Waals surface area contributed by atoms with Gasteiger partial charge in [-0.05, 0) is 31.5 Å². The van der Waals surface area contributed by atoms with E-state index in [9.17, 15) is 9.59 Å². The molecular weight excluding hydrogens is 342 g/mol. The van der Waals surface area contributed by atoms with E-state index in [1.165, 1.54) is 23.8 Å². The van der Waals surface area contributed by atoms with Crippen LogP contribution in [0.3, 0.4) is 0 Å². The van der Waals surface area contributed by atoms with Gasteiger partial charge in [0.05, 0.1) is 36.3 Å². The molecule has 1 aliphatic rings. The fraction of sp³-hybridized carbons (Fsp3) is 0.444. The van der Waals surface area contributed by atoms with Crippen molar-refractivity contribution in [2.24, 2.45) is 0 Å². The lowest BCUT2D eigenvalue weighted by Crippen LogP contribution is -2.34. The number of benzene rings is 1. The first-order valence-corrected chi connectivity index (χ1v) is 9.08. The highest BCUT2D eigenvalue weighted by molar-refractivity contribution is 8.04. The van der Waals surface area contributed by atoms with E-state index in [0.29, 0.717) is 27.5 Å². The van der Waals surface area contributed by atoms with Gasteiger partial charge in [-0.15, -0.1) is 11.8 Å². The Labute approximate surface area is 151 Å². The standard InChI is InChI=1S/C18H23NO5S/c1-12(2)24-14-6-4-13(5-7-14)15-16(25-11-9-20)18(22)19(17(15)21)8-10-23-3/h4-7,12,20H,8-11H2,1-3H3. The van der Waals surface area contributed by atoms with Crippen LogP contribution in [-0.2, 0) is 14.3 Å². The number of carbonyl (C=O) groups is 2. The van der Waals surface area contributed by atoms with Gasteiger partial charge in [0.1, 0.15) is 5.75 Å². The highest BCUT2D eigenvalue weighted by Crippen LogP contribution is 2.36. The lowest BCUT2D eigenvalue weighted by molar-refractivity contribution is -0.137. The quantitative estimate of drug-likeness (QED) is 0.674. The molecule has 136 valence electrons. The Morgan fingerprint density at radius 1 is 1.16 bits per heavy atom. The lowest BCUT2D eigenvalue weighted by Gasteiger charge is -2.14. The second-order valence-corrected chi connectivity index (χ2v) is 6.83. The molecule has 0 saturated carbocycles. The number of amides is 2. The van der Waals surface area contributed by atoms with Crippen molar-refractivity contribution < 1.29 is 24.2 Å². The van der Waals surface area contributed by atoms with Gasteiger partial charge in [0, 0.05) is 12.9 Å². The largest absolute Gasteiger partial charge is 0.491 e. The molecule has 1 aromatic carbocycles. The van der Waals surface area contributed by atoms with E-state index in [-0.39, 0.29) is 37.7 Å². The number of thioether (sulfide) groups is 1. The number of nitrogens with zero attached hydrogens (tertiary/aromatic N) is 1. The molecule has 25 heavy (non-hydrogen) atoms. The van der Waals surface area contributed by atoms with Gasteiger partial charge in [0.2, 0.25) is 0 Å². The van der Waals surface area contributed by atoms with E-state index < -0.39 is 0 Å². The Balaban J connectivity index is 2.33. The van der Waals surface area contributed by atoms with Crippen LogP contribution in [0.15, 0.2) is 29.2 Å². The molecule has 1 aromatic rings. The minimum atomic E-state index is -0.335. The van der Waals surface area contributed by atoms with Crippen LogP contribution in [0.1, 0.15) is 19.4 Å². The third kappa shape index (κ3) is 4.62. The summed E-state index contributed by atoms with van der Waals surface area (Å²) in [5, 5.41) is 9.07. The molecule has 0 aliphatic carbocycles. The molecule has 0 saturated heterocycles. The molecule has 1 aliphatic heterocycles. The molecule has 7 heteroatoms. The Morgan fingerprint density at radius 2 is 1.84 bits per heavy atom. The van der Waals surface area contributed by atoms with Crippen LogP contribution in [0.2, 0.25) is 0 Å². The van der Waals surface area contributed by atoms with Gasteiger partial charge in [-0.3, -0.25) is 14.5 Å². The molecule has 0 fully saturated rings. The zero-order valence-corrected chi connectivity index (χ0v) is 15.5. The maximum Gasteiger partial charge on any atom is 0.268 e. The minimum absolute atomic E-state index is 0.0555. The van der Waals surface area contributed by atoms with E-state index in [0.717, 1.165) is 0 Å². The smallest absolute Gasteiger partial charge is 0.268 e. The number of methoxy groups -OCH3 is 1. The molecule has 0 bridgehead atoms. The monoisotopic (exact) mass is 365 g/mol. The van der Waals surface area contributed by atoms with Gasteiger partial charge in [-0.1, -0.05) is 12.1 Å². The van der Waals surface area contributed by atoms with Crippen molar-refractivity contribution in [1.82, 2.24) is 4.90 Å². The molecule has 0 radical (unpaired) electrons. The number of ether oxygens (including phenoxy) is 2. The Hall–Kier alpha value is -1.83. The number of hydrogen-bond acceptors (Lipinski definition) is 6. The Morgan fingerprint density at radius 3 is 2.40 bits per heavy atom. The van der Waals surface area contributed by atoms with Gasteiger partial charge in [0.15, 0.2) is 0 Å². The molecule has 6 nitrogen and oxygen atoms in total. The van der Waals surface area contributed by atoms with Crippen molar-refractivity contribution in [2.75, 3.05) is 32.6 Å². The van der Waals surface area contributed by atoms with Crippen LogP contribution in [0.5, 0.6) is 5.75 Å². The fourth-order valence-electron chi connectivity index (χ4n) is 2.45. The van der Waals surface area contributed by atoms with E-state index >= 15 is 0 Å². The van der Waals surface area contributed by atoms with Crippen molar-refractivity contribution in [1.29, 1.82) is 0 Å². The maximum atomic E-state index is 12.7. The summed E-state index contributed by atoms with van der Waals surface area (Å²) in [5.74, 6) is 0.389. The maximum absolute atomic E-state index is 12.7. The summed E-state index contributed by atoms with van der Waals surface area (Å²) in [7, 11) is 1.52. The van der Waals surface area contributed by atoms with Crippen LogP contribution in [-0.4, -0.2) is 60.5 Å². The van der Waals surface area contributed by atoms with Gasteiger partial charge >= 0.3 is 0 Å². The van der Waals surface area contributed by atoms with E-state index in [2.05, 4.69) is 0 Å². The molecular formula is C18H23NO5S.